The van der Waals surface area contributed by atoms with E-state index in [1.165, 1.54) is 0 Å². The van der Waals surface area contributed by atoms with Gasteiger partial charge in [-0.05, 0) is 47.0 Å². The number of fused-ring (bicyclic) bond motifs is 1. The summed E-state index contributed by atoms with van der Waals surface area (Å²) in [6.07, 6.45) is 1.46. The number of nitrogens with two attached hydrogens (primary N) is 1. The van der Waals surface area contributed by atoms with E-state index in [9.17, 15) is 14.7 Å². The lowest BCUT2D eigenvalue weighted by Gasteiger charge is -2.15. The normalized spacial score (nSPS) is 11.1. The number of furan rings is 1. The fraction of sp³-hybridized carbons (Fsp3) is 0.214. The Kier molecular flexibility index (Phi) is 7.17. The summed E-state index contributed by atoms with van der Waals surface area (Å²) in [6.45, 7) is 4.25. The highest BCUT2D eigenvalue weighted by molar-refractivity contribution is 5.93. The summed E-state index contributed by atoms with van der Waals surface area (Å²) in [5, 5.41) is 13.1. The number of carbonyl (C=O) groups excluding carboxylic acids is 1. The molecule has 1 aromatic heterocycles. The number of aliphatic carboxylic acids is 1. The number of amides is 1. The van der Waals surface area contributed by atoms with E-state index < -0.39 is 5.97 Å². The average molecular weight is 473 g/mol. The lowest BCUT2D eigenvalue weighted by Crippen LogP contribution is -2.17. The van der Waals surface area contributed by atoms with Gasteiger partial charge >= 0.3 is 5.97 Å². The van der Waals surface area contributed by atoms with Gasteiger partial charge in [-0.2, -0.15) is 0 Å². The van der Waals surface area contributed by atoms with E-state index in [2.05, 4.69) is 5.32 Å². The minimum atomic E-state index is -0.962. The molecule has 4 N–H and O–H groups in total. The van der Waals surface area contributed by atoms with Crippen LogP contribution in [0.2, 0.25) is 0 Å². The molecule has 0 aliphatic heterocycles. The van der Waals surface area contributed by atoms with Crippen molar-refractivity contribution in [2.24, 2.45) is 11.7 Å². The van der Waals surface area contributed by atoms with E-state index in [1.54, 1.807) is 38.3 Å². The van der Waals surface area contributed by atoms with Crippen LogP contribution in [-0.2, 0) is 29.2 Å². The summed E-state index contributed by atoms with van der Waals surface area (Å²) in [6, 6.07) is 18.9. The van der Waals surface area contributed by atoms with Crippen LogP contribution >= 0.6 is 0 Å². The SMILES string of the molecule is CC(C)C(=O)Nc1ccc(CC(=O)O)c(OCc2cc(-c3cccc(CN)c3)c3occc3c2)c1. The molecule has 0 unspecified atom stereocenters. The third-order valence-electron chi connectivity index (χ3n) is 5.68. The monoisotopic (exact) mass is 472 g/mol. The Hall–Kier alpha value is -4.10. The van der Waals surface area contributed by atoms with E-state index in [0.29, 0.717) is 23.5 Å². The Morgan fingerprint density at radius 2 is 1.89 bits per heavy atom. The molecule has 0 spiro atoms. The molecule has 7 nitrogen and oxygen atoms in total. The molecule has 0 atom stereocenters. The number of anilines is 1. The summed E-state index contributed by atoms with van der Waals surface area (Å²) in [5.41, 5.74) is 11.5. The van der Waals surface area contributed by atoms with Crippen LogP contribution in [0.25, 0.3) is 22.1 Å². The number of carboxylic acids is 1. The molecule has 0 saturated heterocycles. The number of hydrogen-bond donors (Lipinski definition) is 3. The van der Waals surface area contributed by atoms with Gasteiger partial charge in [0.05, 0.1) is 12.7 Å². The number of nitrogens with one attached hydrogen (secondary N) is 1. The first-order valence-corrected chi connectivity index (χ1v) is 11.4. The number of ether oxygens (including phenoxy) is 1. The van der Waals surface area contributed by atoms with Crippen molar-refractivity contribution < 1.29 is 23.8 Å². The number of benzene rings is 3. The molecule has 1 amide bonds. The molecule has 0 aliphatic rings. The summed E-state index contributed by atoms with van der Waals surface area (Å²) < 4.78 is 11.9. The highest BCUT2D eigenvalue weighted by Gasteiger charge is 2.14. The third-order valence-corrected chi connectivity index (χ3v) is 5.68. The molecule has 4 aromatic rings. The van der Waals surface area contributed by atoms with Crippen LogP contribution in [0.3, 0.4) is 0 Å². The Labute approximate surface area is 203 Å². The number of carboxylic acid groups (broad SMARTS) is 1. The molecule has 35 heavy (non-hydrogen) atoms. The Morgan fingerprint density at radius 3 is 2.63 bits per heavy atom. The van der Waals surface area contributed by atoms with Crippen LogP contribution in [-0.4, -0.2) is 17.0 Å². The van der Waals surface area contributed by atoms with Gasteiger partial charge in [0.2, 0.25) is 5.91 Å². The van der Waals surface area contributed by atoms with Crippen LogP contribution in [0.5, 0.6) is 5.75 Å². The van der Waals surface area contributed by atoms with Crippen molar-refractivity contribution in [3.8, 4) is 16.9 Å². The fourth-order valence-electron chi connectivity index (χ4n) is 3.83. The standard InChI is InChI=1S/C28H28N2O5/c1-17(2)28(33)30-23-7-6-21(13-26(31)32)25(14-23)35-16-19-11-22-8-9-34-27(22)24(12-19)20-5-3-4-18(10-20)15-29/h3-12,14,17H,13,15-16,29H2,1-2H3,(H,30,33)(H,31,32). The van der Waals surface area contributed by atoms with Gasteiger partial charge in [0.15, 0.2) is 0 Å². The average Bonchev–Trinajstić information content (AvgIpc) is 3.32. The molecular formula is C28H28N2O5. The van der Waals surface area contributed by atoms with Crippen molar-refractivity contribution in [1.29, 1.82) is 0 Å². The second-order valence-corrected chi connectivity index (χ2v) is 8.71. The molecule has 0 saturated carbocycles. The molecule has 3 aromatic carbocycles. The minimum absolute atomic E-state index is 0.128. The lowest BCUT2D eigenvalue weighted by molar-refractivity contribution is -0.136. The van der Waals surface area contributed by atoms with Crippen LogP contribution in [0, 0.1) is 5.92 Å². The van der Waals surface area contributed by atoms with Crippen LogP contribution in [0.15, 0.2) is 71.3 Å². The van der Waals surface area contributed by atoms with Crippen molar-refractivity contribution in [3.05, 3.63) is 83.6 Å². The van der Waals surface area contributed by atoms with E-state index in [0.717, 1.165) is 33.2 Å². The number of carbonyl (C=O) groups is 2. The molecule has 0 fully saturated rings. The molecular weight excluding hydrogens is 444 g/mol. The Bertz CT molecular complexity index is 1370. The van der Waals surface area contributed by atoms with Gasteiger partial charge in [-0.25, -0.2) is 0 Å². The second kappa shape index (κ2) is 10.4. The first-order valence-electron chi connectivity index (χ1n) is 11.4. The zero-order valence-electron chi connectivity index (χ0n) is 19.7. The third kappa shape index (κ3) is 5.70. The molecule has 1 heterocycles. The summed E-state index contributed by atoms with van der Waals surface area (Å²) in [4.78, 5) is 23.5. The van der Waals surface area contributed by atoms with Gasteiger partial charge < -0.3 is 25.3 Å². The Balaban J connectivity index is 1.65. The van der Waals surface area contributed by atoms with Gasteiger partial charge in [-0.3, -0.25) is 9.59 Å². The van der Waals surface area contributed by atoms with Crippen molar-refractivity contribution in [1.82, 2.24) is 0 Å². The van der Waals surface area contributed by atoms with E-state index in [1.807, 2.05) is 42.5 Å². The minimum Gasteiger partial charge on any atom is -0.489 e. The first-order chi connectivity index (χ1) is 16.8. The number of rotatable bonds is 9. The van der Waals surface area contributed by atoms with Crippen LogP contribution in [0.1, 0.15) is 30.5 Å². The van der Waals surface area contributed by atoms with Crippen LogP contribution in [0.4, 0.5) is 5.69 Å². The van der Waals surface area contributed by atoms with E-state index in [-0.39, 0.29) is 24.9 Å². The molecule has 7 heteroatoms. The zero-order valence-corrected chi connectivity index (χ0v) is 19.7. The van der Waals surface area contributed by atoms with Gasteiger partial charge in [0, 0.05) is 40.7 Å². The quantitative estimate of drug-likeness (QED) is 0.302. The zero-order chi connectivity index (χ0) is 24.9. The first kappa shape index (κ1) is 24.0. The summed E-state index contributed by atoms with van der Waals surface area (Å²) in [5.74, 6) is -0.865. The van der Waals surface area contributed by atoms with Gasteiger partial charge in [-0.15, -0.1) is 0 Å². The maximum atomic E-state index is 12.1. The van der Waals surface area contributed by atoms with Gasteiger partial charge in [-0.1, -0.05) is 38.1 Å². The number of hydrogen-bond acceptors (Lipinski definition) is 5. The largest absolute Gasteiger partial charge is 0.489 e. The molecule has 0 aliphatic carbocycles. The van der Waals surface area contributed by atoms with E-state index >= 15 is 0 Å². The van der Waals surface area contributed by atoms with Crippen LogP contribution < -0.4 is 15.8 Å². The molecule has 4 rings (SSSR count). The predicted molar refractivity (Wildman–Crippen MR) is 135 cm³/mol. The van der Waals surface area contributed by atoms with Crippen molar-refractivity contribution in [3.63, 3.8) is 0 Å². The predicted octanol–water partition coefficient (Wildman–Crippen LogP) is 5.36. The van der Waals surface area contributed by atoms with Crippen molar-refractivity contribution in [2.45, 2.75) is 33.4 Å². The smallest absolute Gasteiger partial charge is 0.307 e. The maximum Gasteiger partial charge on any atom is 0.307 e. The molecule has 180 valence electrons. The summed E-state index contributed by atoms with van der Waals surface area (Å²) in [7, 11) is 0. The van der Waals surface area contributed by atoms with Gasteiger partial charge in [0.25, 0.3) is 0 Å². The van der Waals surface area contributed by atoms with Crippen molar-refractivity contribution >= 4 is 28.5 Å². The lowest BCUT2D eigenvalue weighted by atomic mass is 9.99. The maximum absolute atomic E-state index is 12.1. The highest BCUT2D eigenvalue weighted by Crippen LogP contribution is 2.33. The van der Waals surface area contributed by atoms with Gasteiger partial charge in [0.1, 0.15) is 17.9 Å². The highest BCUT2D eigenvalue weighted by atomic mass is 16.5. The topological polar surface area (TPSA) is 115 Å². The second-order valence-electron chi connectivity index (χ2n) is 8.71. The molecule has 0 bridgehead atoms. The fourth-order valence-corrected chi connectivity index (χ4v) is 3.83. The van der Waals surface area contributed by atoms with E-state index in [4.69, 9.17) is 14.9 Å². The molecule has 0 radical (unpaired) electrons. The Morgan fingerprint density at radius 1 is 1.06 bits per heavy atom. The van der Waals surface area contributed by atoms with Crippen molar-refractivity contribution in [2.75, 3.05) is 5.32 Å². The summed E-state index contributed by atoms with van der Waals surface area (Å²) >= 11 is 0.